The van der Waals surface area contributed by atoms with Crippen LogP contribution in [0.1, 0.15) is 17.5 Å². The van der Waals surface area contributed by atoms with Crippen LogP contribution in [0.25, 0.3) is 21.3 Å². The standard InChI is InChI=1S/C24H23N5O3S/c1-15-2-6-17(7-3-15)19-13-33-22-21(19)23(31)29(14-27-22)11-10-20(30)26-12-16-4-8-18(9-5-16)28-24(25)32/h2-9,13-14H,10-12H2,1H3,(H,26,30)(H3,25,28,32). The molecule has 33 heavy (non-hydrogen) atoms. The van der Waals surface area contributed by atoms with E-state index in [9.17, 15) is 14.4 Å². The summed E-state index contributed by atoms with van der Waals surface area (Å²) in [5, 5.41) is 7.85. The van der Waals surface area contributed by atoms with Gasteiger partial charge >= 0.3 is 6.03 Å². The van der Waals surface area contributed by atoms with E-state index in [0.717, 1.165) is 22.3 Å². The first-order chi connectivity index (χ1) is 15.9. The Balaban J connectivity index is 1.40. The molecule has 3 amide bonds. The molecule has 0 unspecified atom stereocenters. The van der Waals surface area contributed by atoms with Gasteiger partial charge in [0.2, 0.25) is 5.91 Å². The number of fused-ring (bicyclic) bond motifs is 1. The quantitative estimate of drug-likeness (QED) is 0.389. The van der Waals surface area contributed by atoms with Gasteiger partial charge in [-0.3, -0.25) is 14.2 Å². The molecule has 0 saturated heterocycles. The van der Waals surface area contributed by atoms with Crippen LogP contribution < -0.4 is 21.9 Å². The molecule has 168 valence electrons. The minimum atomic E-state index is -0.632. The van der Waals surface area contributed by atoms with Crippen LogP contribution in [0, 0.1) is 6.92 Å². The summed E-state index contributed by atoms with van der Waals surface area (Å²) in [7, 11) is 0. The number of thiophene rings is 1. The SMILES string of the molecule is Cc1ccc(-c2csc3ncn(CCC(=O)NCc4ccc(NC(N)=O)cc4)c(=O)c23)cc1. The molecule has 0 atom stereocenters. The summed E-state index contributed by atoms with van der Waals surface area (Å²) < 4.78 is 1.48. The monoisotopic (exact) mass is 461 g/mol. The van der Waals surface area contributed by atoms with Crippen molar-refractivity contribution in [1.29, 1.82) is 0 Å². The fourth-order valence-corrected chi connectivity index (χ4v) is 4.34. The van der Waals surface area contributed by atoms with Crippen molar-refractivity contribution in [2.45, 2.75) is 26.4 Å². The number of nitrogens with two attached hydrogens (primary N) is 1. The number of carbonyl (C=O) groups excluding carboxylic acids is 2. The number of aromatic nitrogens is 2. The molecule has 9 heteroatoms. The Morgan fingerprint density at radius 1 is 1.09 bits per heavy atom. The van der Waals surface area contributed by atoms with Crippen molar-refractivity contribution in [3.63, 3.8) is 0 Å². The van der Waals surface area contributed by atoms with Gasteiger partial charge in [-0.2, -0.15) is 0 Å². The second-order valence-electron chi connectivity index (χ2n) is 7.65. The zero-order valence-corrected chi connectivity index (χ0v) is 18.8. The van der Waals surface area contributed by atoms with E-state index < -0.39 is 6.03 Å². The van der Waals surface area contributed by atoms with E-state index in [0.29, 0.717) is 22.4 Å². The van der Waals surface area contributed by atoms with Crippen molar-refractivity contribution in [2.75, 3.05) is 5.32 Å². The van der Waals surface area contributed by atoms with Gasteiger partial charge in [-0.1, -0.05) is 42.0 Å². The summed E-state index contributed by atoms with van der Waals surface area (Å²) in [6.45, 7) is 2.59. The minimum Gasteiger partial charge on any atom is -0.352 e. The molecule has 0 aliphatic heterocycles. The average Bonchev–Trinajstić information content (AvgIpc) is 3.23. The average molecular weight is 462 g/mol. The number of rotatable bonds is 7. The number of primary amides is 1. The molecule has 0 aliphatic rings. The summed E-state index contributed by atoms with van der Waals surface area (Å²) in [6, 6.07) is 14.4. The molecule has 4 N–H and O–H groups in total. The predicted octanol–water partition coefficient (Wildman–Crippen LogP) is 3.63. The highest BCUT2D eigenvalue weighted by atomic mass is 32.1. The molecule has 0 radical (unpaired) electrons. The third kappa shape index (κ3) is 5.27. The van der Waals surface area contributed by atoms with E-state index in [2.05, 4.69) is 15.6 Å². The van der Waals surface area contributed by atoms with Crippen LogP contribution in [-0.2, 0) is 17.9 Å². The lowest BCUT2D eigenvalue weighted by Crippen LogP contribution is -2.27. The highest BCUT2D eigenvalue weighted by molar-refractivity contribution is 7.17. The van der Waals surface area contributed by atoms with Gasteiger partial charge in [-0.05, 0) is 30.2 Å². The second kappa shape index (κ2) is 9.66. The molecule has 0 spiro atoms. The van der Waals surface area contributed by atoms with Gasteiger partial charge < -0.3 is 16.4 Å². The Bertz CT molecular complexity index is 1360. The molecule has 4 rings (SSSR count). The van der Waals surface area contributed by atoms with Crippen LogP contribution in [0.3, 0.4) is 0 Å². The van der Waals surface area contributed by atoms with E-state index >= 15 is 0 Å². The molecule has 0 fully saturated rings. The lowest BCUT2D eigenvalue weighted by molar-refractivity contribution is -0.121. The van der Waals surface area contributed by atoms with Crippen LogP contribution in [0.15, 0.2) is 65.0 Å². The third-order valence-electron chi connectivity index (χ3n) is 5.21. The maximum Gasteiger partial charge on any atom is 0.316 e. The van der Waals surface area contributed by atoms with Gasteiger partial charge in [0.15, 0.2) is 0 Å². The molecule has 2 heterocycles. The van der Waals surface area contributed by atoms with E-state index in [1.807, 2.05) is 36.6 Å². The first kappa shape index (κ1) is 22.2. The number of nitrogens with one attached hydrogen (secondary N) is 2. The number of hydrogen-bond acceptors (Lipinski definition) is 5. The Hall–Kier alpha value is -3.98. The summed E-state index contributed by atoms with van der Waals surface area (Å²) in [5.41, 5.74) is 9.37. The maximum atomic E-state index is 13.1. The number of benzene rings is 2. The van der Waals surface area contributed by atoms with Crippen LogP contribution in [0.4, 0.5) is 10.5 Å². The smallest absolute Gasteiger partial charge is 0.316 e. The van der Waals surface area contributed by atoms with Gasteiger partial charge in [0.05, 0.1) is 11.7 Å². The minimum absolute atomic E-state index is 0.151. The van der Waals surface area contributed by atoms with Crippen LogP contribution in [-0.4, -0.2) is 21.5 Å². The van der Waals surface area contributed by atoms with Crippen molar-refractivity contribution in [3.8, 4) is 11.1 Å². The summed E-state index contributed by atoms with van der Waals surface area (Å²) in [4.78, 5) is 41.4. The number of hydrogen-bond donors (Lipinski definition) is 3. The summed E-state index contributed by atoms with van der Waals surface area (Å²) in [6.07, 6.45) is 1.65. The molecule has 4 aromatic rings. The zero-order valence-electron chi connectivity index (χ0n) is 18.0. The second-order valence-corrected chi connectivity index (χ2v) is 8.51. The number of amides is 3. The van der Waals surface area contributed by atoms with E-state index in [1.54, 1.807) is 24.3 Å². The van der Waals surface area contributed by atoms with Crippen molar-refractivity contribution in [2.24, 2.45) is 5.73 Å². The summed E-state index contributed by atoms with van der Waals surface area (Å²) in [5.74, 6) is -0.176. The number of carbonyl (C=O) groups is 2. The number of urea groups is 1. The fraction of sp³-hybridized carbons (Fsp3) is 0.167. The number of aryl methyl sites for hydroxylation is 2. The van der Waals surface area contributed by atoms with Crippen molar-refractivity contribution >= 4 is 39.2 Å². The Labute approximate surface area is 194 Å². The van der Waals surface area contributed by atoms with Gasteiger partial charge in [0.25, 0.3) is 5.56 Å². The summed E-state index contributed by atoms with van der Waals surface area (Å²) >= 11 is 1.44. The highest BCUT2D eigenvalue weighted by Gasteiger charge is 2.14. The molecule has 2 aromatic heterocycles. The number of anilines is 1. The van der Waals surface area contributed by atoms with Crippen LogP contribution in [0.2, 0.25) is 0 Å². The predicted molar refractivity (Wildman–Crippen MR) is 130 cm³/mol. The van der Waals surface area contributed by atoms with Gasteiger partial charge in [-0.25, -0.2) is 9.78 Å². The lowest BCUT2D eigenvalue weighted by atomic mass is 10.1. The largest absolute Gasteiger partial charge is 0.352 e. The topological polar surface area (TPSA) is 119 Å². The van der Waals surface area contributed by atoms with Crippen molar-refractivity contribution in [1.82, 2.24) is 14.9 Å². The molecule has 8 nitrogen and oxygen atoms in total. The van der Waals surface area contributed by atoms with Gasteiger partial charge in [0, 0.05) is 36.1 Å². The van der Waals surface area contributed by atoms with E-state index in [4.69, 9.17) is 5.73 Å². The van der Waals surface area contributed by atoms with Gasteiger partial charge in [0.1, 0.15) is 4.83 Å². The Kier molecular flexibility index (Phi) is 6.50. The van der Waals surface area contributed by atoms with Crippen molar-refractivity contribution < 1.29 is 9.59 Å². The first-order valence-corrected chi connectivity index (χ1v) is 11.2. The Morgan fingerprint density at radius 2 is 1.82 bits per heavy atom. The molecule has 0 bridgehead atoms. The lowest BCUT2D eigenvalue weighted by Gasteiger charge is -2.08. The van der Waals surface area contributed by atoms with Crippen LogP contribution in [0.5, 0.6) is 0 Å². The fourth-order valence-electron chi connectivity index (χ4n) is 3.43. The van der Waals surface area contributed by atoms with Gasteiger partial charge in [-0.15, -0.1) is 11.3 Å². The maximum absolute atomic E-state index is 13.1. The van der Waals surface area contributed by atoms with E-state index in [-0.39, 0.29) is 24.4 Å². The zero-order chi connectivity index (χ0) is 23.4. The molecule has 2 aromatic carbocycles. The normalized spacial score (nSPS) is 10.8. The molecular weight excluding hydrogens is 438 g/mol. The van der Waals surface area contributed by atoms with Crippen LogP contribution >= 0.6 is 11.3 Å². The molecular formula is C24H23N5O3S. The highest BCUT2D eigenvalue weighted by Crippen LogP contribution is 2.30. The van der Waals surface area contributed by atoms with E-state index in [1.165, 1.54) is 22.2 Å². The molecule has 0 saturated carbocycles. The van der Waals surface area contributed by atoms with Crippen molar-refractivity contribution in [3.05, 3.63) is 81.7 Å². The number of nitrogens with zero attached hydrogens (tertiary/aromatic N) is 2. The Morgan fingerprint density at radius 3 is 2.52 bits per heavy atom. The first-order valence-electron chi connectivity index (χ1n) is 10.4. The third-order valence-corrected chi connectivity index (χ3v) is 6.10. The molecule has 0 aliphatic carbocycles.